The van der Waals surface area contributed by atoms with Gasteiger partial charge in [-0.2, -0.15) is 0 Å². The Bertz CT molecular complexity index is 463. The molecule has 0 bridgehead atoms. The molecule has 1 aliphatic rings. The van der Waals surface area contributed by atoms with Crippen molar-refractivity contribution in [3.05, 3.63) is 35.4 Å². The van der Waals surface area contributed by atoms with Crippen LogP contribution in [0, 0.1) is 11.8 Å². The summed E-state index contributed by atoms with van der Waals surface area (Å²) in [5, 5.41) is 0. The topological polar surface area (TPSA) is 3.24 Å². The first-order valence-electron chi connectivity index (χ1n) is 10.3. The van der Waals surface area contributed by atoms with Crippen LogP contribution in [-0.4, -0.2) is 24.5 Å². The van der Waals surface area contributed by atoms with Gasteiger partial charge in [0, 0.05) is 13.1 Å². The molecule has 2 atom stereocenters. The zero-order valence-electron chi connectivity index (χ0n) is 16.8. The molecule has 1 fully saturated rings. The highest BCUT2D eigenvalue weighted by Crippen LogP contribution is 2.35. The van der Waals surface area contributed by atoms with Gasteiger partial charge in [0.2, 0.25) is 0 Å². The molecule has 24 heavy (non-hydrogen) atoms. The van der Waals surface area contributed by atoms with E-state index >= 15 is 0 Å². The van der Waals surface area contributed by atoms with Crippen molar-refractivity contribution in [1.82, 2.24) is 4.90 Å². The van der Waals surface area contributed by atoms with Crippen LogP contribution in [0.2, 0.25) is 0 Å². The first-order chi connectivity index (χ1) is 11.5. The first-order valence-corrected chi connectivity index (χ1v) is 10.3. The van der Waals surface area contributed by atoms with Gasteiger partial charge in [-0.1, -0.05) is 58.9 Å². The van der Waals surface area contributed by atoms with Gasteiger partial charge in [-0.3, -0.25) is 0 Å². The molecule has 1 heteroatoms. The van der Waals surface area contributed by atoms with Crippen molar-refractivity contribution < 1.29 is 0 Å². The molecule has 0 N–H and O–H groups in total. The van der Waals surface area contributed by atoms with Crippen molar-refractivity contribution in [2.45, 2.75) is 78.6 Å². The number of benzene rings is 1. The van der Waals surface area contributed by atoms with Gasteiger partial charge in [-0.05, 0) is 73.4 Å². The predicted octanol–water partition coefficient (Wildman–Crippen LogP) is 6.06. The SMILES string of the molecule is CCC(CC)(CC)c1ccc(CC(C)CN2CCCC(C)C2)cc1. The van der Waals surface area contributed by atoms with Gasteiger partial charge in [-0.25, -0.2) is 0 Å². The molecule has 1 heterocycles. The van der Waals surface area contributed by atoms with E-state index in [0.29, 0.717) is 5.41 Å². The number of hydrogen-bond acceptors (Lipinski definition) is 1. The van der Waals surface area contributed by atoms with Gasteiger partial charge < -0.3 is 4.90 Å². The third-order valence-corrected chi connectivity index (χ3v) is 6.49. The number of nitrogens with zero attached hydrogens (tertiary/aromatic N) is 1. The first kappa shape index (κ1) is 19.5. The minimum Gasteiger partial charge on any atom is -0.303 e. The number of hydrogen-bond donors (Lipinski definition) is 0. The quantitative estimate of drug-likeness (QED) is 0.560. The molecule has 0 radical (unpaired) electrons. The molecule has 1 aromatic carbocycles. The summed E-state index contributed by atoms with van der Waals surface area (Å²) in [6.07, 6.45) is 7.73. The number of rotatable bonds is 8. The molecule has 2 rings (SSSR count). The maximum atomic E-state index is 2.68. The minimum absolute atomic E-state index is 0.383. The smallest absolute Gasteiger partial charge is 0.00103 e. The lowest BCUT2D eigenvalue weighted by molar-refractivity contribution is 0.162. The zero-order valence-corrected chi connectivity index (χ0v) is 16.8. The molecular weight excluding hydrogens is 290 g/mol. The number of piperidine rings is 1. The Morgan fingerprint density at radius 1 is 1.08 bits per heavy atom. The number of likely N-dealkylation sites (tertiary alicyclic amines) is 1. The third kappa shape index (κ3) is 4.85. The van der Waals surface area contributed by atoms with E-state index < -0.39 is 0 Å². The van der Waals surface area contributed by atoms with Crippen LogP contribution in [0.5, 0.6) is 0 Å². The van der Waals surface area contributed by atoms with Gasteiger partial charge in [0.05, 0.1) is 0 Å². The summed E-state index contributed by atoms with van der Waals surface area (Å²) < 4.78 is 0. The van der Waals surface area contributed by atoms with Crippen LogP contribution < -0.4 is 0 Å². The van der Waals surface area contributed by atoms with Crippen molar-refractivity contribution in [2.24, 2.45) is 11.8 Å². The molecule has 2 unspecified atom stereocenters. The zero-order chi connectivity index (χ0) is 17.6. The summed E-state index contributed by atoms with van der Waals surface area (Å²) in [6.45, 7) is 15.7. The van der Waals surface area contributed by atoms with E-state index in [1.807, 2.05) is 0 Å². The molecule has 0 amide bonds. The van der Waals surface area contributed by atoms with Crippen LogP contribution in [0.25, 0.3) is 0 Å². The summed E-state index contributed by atoms with van der Waals surface area (Å²) in [7, 11) is 0. The molecular formula is C23H39N. The molecule has 0 aliphatic carbocycles. The Morgan fingerprint density at radius 3 is 2.25 bits per heavy atom. The monoisotopic (exact) mass is 329 g/mol. The average molecular weight is 330 g/mol. The van der Waals surface area contributed by atoms with Crippen LogP contribution in [-0.2, 0) is 11.8 Å². The Labute approximate surface area is 150 Å². The summed E-state index contributed by atoms with van der Waals surface area (Å²) in [4.78, 5) is 2.68. The van der Waals surface area contributed by atoms with E-state index in [-0.39, 0.29) is 0 Å². The fourth-order valence-electron chi connectivity index (χ4n) is 4.72. The van der Waals surface area contributed by atoms with Gasteiger partial charge in [-0.15, -0.1) is 0 Å². The molecule has 0 spiro atoms. The van der Waals surface area contributed by atoms with E-state index in [4.69, 9.17) is 0 Å². The van der Waals surface area contributed by atoms with Crippen molar-refractivity contribution in [3.8, 4) is 0 Å². The summed E-state index contributed by atoms with van der Waals surface area (Å²) in [6, 6.07) is 9.59. The molecule has 1 aliphatic heterocycles. The molecule has 1 nitrogen and oxygen atoms in total. The summed E-state index contributed by atoms with van der Waals surface area (Å²) >= 11 is 0. The van der Waals surface area contributed by atoms with E-state index in [1.165, 1.54) is 69.3 Å². The second kappa shape index (κ2) is 9.04. The summed E-state index contributed by atoms with van der Waals surface area (Å²) in [5.74, 6) is 1.63. The third-order valence-electron chi connectivity index (χ3n) is 6.49. The van der Waals surface area contributed by atoms with Gasteiger partial charge >= 0.3 is 0 Å². The maximum absolute atomic E-state index is 2.68. The molecule has 0 aromatic heterocycles. The Balaban J connectivity index is 1.93. The Kier molecular flexibility index (Phi) is 7.34. The summed E-state index contributed by atoms with van der Waals surface area (Å²) in [5.41, 5.74) is 3.43. The second-order valence-electron chi connectivity index (χ2n) is 8.35. The fraction of sp³-hybridized carbons (Fsp3) is 0.739. The highest BCUT2D eigenvalue weighted by atomic mass is 15.1. The molecule has 136 valence electrons. The second-order valence-corrected chi connectivity index (χ2v) is 8.35. The molecule has 0 saturated carbocycles. The van der Waals surface area contributed by atoms with Crippen LogP contribution in [0.15, 0.2) is 24.3 Å². The van der Waals surface area contributed by atoms with Crippen molar-refractivity contribution in [2.75, 3.05) is 19.6 Å². The highest BCUT2D eigenvalue weighted by molar-refractivity contribution is 5.29. The lowest BCUT2D eigenvalue weighted by Crippen LogP contribution is -2.37. The molecule has 1 saturated heterocycles. The van der Waals surface area contributed by atoms with Crippen LogP contribution in [0.1, 0.15) is 77.8 Å². The lowest BCUT2D eigenvalue weighted by atomic mass is 9.73. The van der Waals surface area contributed by atoms with Crippen LogP contribution >= 0.6 is 0 Å². The minimum atomic E-state index is 0.383. The lowest BCUT2D eigenvalue weighted by Gasteiger charge is -2.33. The standard InChI is InChI=1S/C23H39N/c1-6-23(7-2,8-3)22-13-11-21(12-14-22)16-20(5)18-24-15-9-10-19(4)17-24/h11-14,19-20H,6-10,15-18H2,1-5H3. The van der Waals surface area contributed by atoms with Gasteiger partial charge in [0.25, 0.3) is 0 Å². The van der Waals surface area contributed by atoms with E-state index in [2.05, 4.69) is 63.8 Å². The van der Waals surface area contributed by atoms with E-state index in [1.54, 1.807) is 0 Å². The van der Waals surface area contributed by atoms with Crippen molar-refractivity contribution >= 4 is 0 Å². The van der Waals surface area contributed by atoms with E-state index in [0.717, 1.165) is 11.8 Å². The van der Waals surface area contributed by atoms with Crippen molar-refractivity contribution in [3.63, 3.8) is 0 Å². The predicted molar refractivity (Wildman–Crippen MR) is 107 cm³/mol. The van der Waals surface area contributed by atoms with Gasteiger partial charge in [0.1, 0.15) is 0 Å². The Hall–Kier alpha value is -0.820. The largest absolute Gasteiger partial charge is 0.303 e. The Morgan fingerprint density at radius 2 is 1.71 bits per heavy atom. The molecule has 1 aromatic rings. The highest BCUT2D eigenvalue weighted by Gasteiger charge is 2.26. The average Bonchev–Trinajstić information content (AvgIpc) is 2.58. The van der Waals surface area contributed by atoms with Crippen molar-refractivity contribution in [1.29, 1.82) is 0 Å². The normalized spacial score (nSPS) is 21.0. The van der Waals surface area contributed by atoms with Crippen LogP contribution in [0.4, 0.5) is 0 Å². The van der Waals surface area contributed by atoms with E-state index in [9.17, 15) is 0 Å². The fourth-order valence-corrected chi connectivity index (χ4v) is 4.72. The van der Waals surface area contributed by atoms with Gasteiger partial charge in [0.15, 0.2) is 0 Å². The maximum Gasteiger partial charge on any atom is 0.00103 e. The van der Waals surface area contributed by atoms with Crippen LogP contribution in [0.3, 0.4) is 0 Å².